The number of aliphatic hydroxyl groups is 1. The van der Waals surface area contributed by atoms with Gasteiger partial charge >= 0.3 is 13.6 Å². The van der Waals surface area contributed by atoms with Gasteiger partial charge in [0.15, 0.2) is 17.0 Å². The van der Waals surface area contributed by atoms with Crippen LogP contribution in [0.4, 0.5) is 11.5 Å². The summed E-state index contributed by atoms with van der Waals surface area (Å²) in [5.41, 5.74) is 2.18. The van der Waals surface area contributed by atoms with Gasteiger partial charge in [-0.05, 0) is 43.2 Å². The van der Waals surface area contributed by atoms with Gasteiger partial charge in [0.05, 0.1) is 12.9 Å². The Hall–Kier alpha value is -3.40. The van der Waals surface area contributed by atoms with Crippen LogP contribution < -0.4 is 10.1 Å². The molecule has 12 nitrogen and oxygen atoms in total. The van der Waals surface area contributed by atoms with Crippen molar-refractivity contribution >= 4 is 38.7 Å². The van der Waals surface area contributed by atoms with Gasteiger partial charge in [0.25, 0.3) is 5.08 Å². The largest absolute Gasteiger partial charge is 0.508 e. The third kappa shape index (κ3) is 5.23. The number of rotatable bonds is 10. The van der Waals surface area contributed by atoms with Crippen molar-refractivity contribution in [2.75, 3.05) is 11.9 Å². The van der Waals surface area contributed by atoms with E-state index < -0.39 is 21.1 Å². The molecule has 36 heavy (non-hydrogen) atoms. The molecule has 0 aliphatic rings. The number of imidazole rings is 1. The average Bonchev–Trinajstić information content (AvgIpc) is 3.25. The van der Waals surface area contributed by atoms with E-state index in [9.17, 15) is 29.1 Å². The van der Waals surface area contributed by atoms with Crippen LogP contribution in [0.15, 0.2) is 54.9 Å². The minimum Gasteiger partial charge on any atom is -0.508 e. The molecule has 0 radical (unpaired) electrons. The quantitative estimate of drug-likeness (QED) is 0.189. The Labute approximate surface area is 207 Å². The number of hydrogen-bond acceptors (Lipinski definition) is 9. The molecule has 14 heteroatoms. The van der Waals surface area contributed by atoms with Gasteiger partial charge in [0, 0.05) is 17.8 Å². The predicted octanol–water partition coefficient (Wildman–Crippen LogP) is 3.49. The van der Waals surface area contributed by atoms with Gasteiger partial charge in [-0.25, -0.2) is 4.98 Å². The van der Waals surface area contributed by atoms with Crippen LogP contribution in [0.1, 0.15) is 18.1 Å². The zero-order valence-corrected chi connectivity index (χ0v) is 20.8. The minimum absolute atomic E-state index is 0.129. The minimum atomic E-state index is -5.12. The number of ether oxygens (including phenoxy) is 1. The maximum absolute atomic E-state index is 11.6. The van der Waals surface area contributed by atoms with Gasteiger partial charge in [0.1, 0.15) is 5.75 Å². The van der Waals surface area contributed by atoms with Gasteiger partial charge < -0.3 is 34.6 Å². The van der Waals surface area contributed by atoms with Crippen LogP contribution in [0.3, 0.4) is 0 Å². The Morgan fingerprint density at radius 3 is 2.56 bits per heavy atom. The van der Waals surface area contributed by atoms with Crippen LogP contribution >= 0.6 is 16.1 Å². The number of benzene rings is 2. The molecule has 0 bridgehead atoms. The van der Waals surface area contributed by atoms with Gasteiger partial charge in [-0.1, -0.05) is 24.3 Å². The summed E-state index contributed by atoms with van der Waals surface area (Å²) in [4.78, 5) is 32.1. The van der Waals surface area contributed by atoms with Crippen LogP contribution in [0.2, 0.25) is 0 Å². The van der Waals surface area contributed by atoms with E-state index in [1.54, 1.807) is 31.5 Å². The molecule has 0 saturated heterocycles. The number of phenols is 1. The highest BCUT2D eigenvalue weighted by molar-refractivity contribution is 7.62. The summed E-state index contributed by atoms with van der Waals surface area (Å²) in [5, 5.41) is 20.2. The highest BCUT2D eigenvalue weighted by Crippen LogP contribution is 2.61. The molecule has 2 aromatic heterocycles. The van der Waals surface area contributed by atoms with E-state index in [0.29, 0.717) is 42.2 Å². The average molecular weight is 531 g/mol. The molecule has 5 N–H and O–H groups in total. The van der Waals surface area contributed by atoms with Gasteiger partial charge in [-0.3, -0.25) is 9.13 Å². The zero-order chi connectivity index (χ0) is 25.9. The van der Waals surface area contributed by atoms with Crippen molar-refractivity contribution in [3.05, 3.63) is 66.0 Å². The summed E-state index contributed by atoms with van der Waals surface area (Å²) >= 11 is 0. The fourth-order valence-electron chi connectivity index (χ4n) is 3.52. The number of aromatic nitrogens is 4. The number of nitrogens with zero attached hydrogens (tertiary/aromatic N) is 4. The Bertz CT molecular complexity index is 1440. The molecule has 1 unspecified atom stereocenters. The molecule has 0 spiro atoms. The second-order valence-electron chi connectivity index (χ2n) is 7.79. The highest BCUT2D eigenvalue weighted by Gasteiger charge is 2.48. The third-order valence-corrected chi connectivity index (χ3v) is 7.95. The van der Waals surface area contributed by atoms with Crippen molar-refractivity contribution in [2.45, 2.75) is 25.0 Å². The Balaban J connectivity index is 1.64. The summed E-state index contributed by atoms with van der Waals surface area (Å²) < 4.78 is 30.3. The molecule has 2 heterocycles. The summed E-state index contributed by atoms with van der Waals surface area (Å²) in [6, 6.07) is 12.5. The molecule has 0 aliphatic heterocycles. The number of aromatic hydroxyl groups is 1. The van der Waals surface area contributed by atoms with E-state index in [0.717, 1.165) is 5.56 Å². The van der Waals surface area contributed by atoms with Crippen LogP contribution in [0.25, 0.3) is 11.2 Å². The number of nitrogens with one attached hydrogen (secondary N) is 1. The SMILES string of the molecule is CCOc1nc(Nc2ccc(C(O)(P=O)P(=O)(O)O)cc2)c2ncn(CCc3cccc(O)c3)c2n1. The van der Waals surface area contributed by atoms with E-state index in [4.69, 9.17) is 4.74 Å². The third-order valence-electron chi connectivity index (χ3n) is 5.34. The Kier molecular flexibility index (Phi) is 7.35. The van der Waals surface area contributed by atoms with E-state index >= 15 is 0 Å². The molecule has 2 aromatic carbocycles. The highest BCUT2D eigenvalue weighted by atomic mass is 31.2. The van der Waals surface area contributed by atoms with Crippen molar-refractivity contribution in [2.24, 2.45) is 0 Å². The lowest BCUT2D eigenvalue weighted by atomic mass is 10.1. The number of anilines is 2. The van der Waals surface area contributed by atoms with Crippen molar-refractivity contribution in [3.8, 4) is 11.8 Å². The lowest BCUT2D eigenvalue weighted by Gasteiger charge is -2.22. The van der Waals surface area contributed by atoms with Gasteiger partial charge in [0.2, 0.25) is 8.46 Å². The number of fused-ring (bicyclic) bond motifs is 1. The molecule has 0 fully saturated rings. The normalized spacial score (nSPS) is 13.6. The maximum Gasteiger partial charge on any atom is 0.373 e. The molecule has 0 saturated carbocycles. The Morgan fingerprint density at radius 2 is 1.92 bits per heavy atom. The second kappa shape index (κ2) is 10.3. The molecule has 4 rings (SSSR count). The van der Waals surface area contributed by atoms with E-state index in [1.807, 2.05) is 10.6 Å². The molecule has 188 valence electrons. The van der Waals surface area contributed by atoms with Crippen molar-refractivity contribution in [1.29, 1.82) is 0 Å². The van der Waals surface area contributed by atoms with Crippen LogP contribution in [0, 0.1) is 0 Å². The first kappa shape index (κ1) is 25.7. The number of hydrogen-bond donors (Lipinski definition) is 5. The summed E-state index contributed by atoms with van der Waals surface area (Å²) in [7, 11) is -6.25. The van der Waals surface area contributed by atoms with Gasteiger partial charge in [-0.15, -0.1) is 0 Å². The molecule has 4 aromatic rings. The number of phenolic OH excluding ortho intramolecular Hbond substituents is 1. The fourth-order valence-corrected chi connectivity index (χ4v) is 4.68. The van der Waals surface area contributed by atoms with E-state index in [-0.39, 0.29) is 17.3 Å². The predicted molar refractivity (Wildman–Crippen MR) is 132 cm³/mol. The summed E-state index contributed by atoms with van der Waals surface area (Å²) in [6.07, 6.45) is 2.25. The first-order valence-electron chi connectivity index (χ1n) is 10.8. The monoisotopic (exact) mass is 531 g/mol. The topological polar surface area (TPSA) is 180 Å². The maximum atomic E-state index is 11.6. The molecular formula is C22H23N5O7P2. The van der Waals surface area contributed by atoms with Crippen LogP contribution in [0.5, 0.6) is 11.8 Å². The van der Waals surface area contributed by atoms with Crippen LogP contribution in [-0.4, -0.2) is 46.1 Å². The molecular weight excluding hydrogens is 508 g/mol. The second-order valence-corrected chi connectivity index (χ2v) is 10.7. The zero-order valence-electron chi connectivity index (χ0n) is 19.0. The lowest BCUT2D eigenvalue weighted by Crippen LogP contribution is -2.18. The van der Waals surface area contributed by atoms with Gasteiger partial charge in [-0.2, -0.15) is 9.97 Å². The van der Waals surface area contributed by atoms with E-state index in [2.05, 4.69) is 20.3 Å². The van der Waals surface area contributed by atoms with Crippen molar-refractivity contribution in [1.82, 2.24) is 19.5 Å². The Morgan fingerprint density at radius 1 is 1.17 bits per heavy atom. The van der Waals surface area contributed by atoms with Crippen molar-refractivity contribution < 1.29 is 33.9 Å². The van der Waals surface area contributed by atoms with Crippen LogP contribution in [-0.2, 0) is 27.2 Å². The fraction of sp³-hybridized carbons (Fsp3) is 0.227. The first-order chi connectivity index (χ1) is 17.1. The standard InChI is InChI=1S/C22H23N5O7P2/c1-2-34-21-25-19(24-16-8-6-15(7-9-16)22(29,35-30)36(31,32)33)18-20(26-21)27(13-23-18)11-10-14-4-3-5-17(28)12-14/h3-9,12-13,28-29H,2,10-11H2,1H3,(H,24,25,26)(H2,31,32,33). The molecule has 0 aliphatic carbocycles. The van der Waals surface area contributed by atoms with E-state index in [1.165, 1.54) is 24.3 Å². The molecule has 0 amide bonds. The lowest BCUT2D eigenvalue weighted by molar-refractivity contribution is 0.168. The molecule has 1 atom stereocenters. The smallest absolute Gasteiger partial charge is 0.373 e. The summed E-state index contributed by atoms with van der Waals surface area (Å²) in [5.74, 6) is 0.523. The number of aryl methyl sites for hydroxylation is 2. The first-order valence-corrected chi connectivity index (χ1v) is 13.2. The summed E-state index contributed by atoms with van der Waals surface area (Å²) in [6.45, 7) is 2.68. The van der Waals surface area contributed by atoms with Crippen molar-refractivity contribution in [3.63, 3.8) is 0 Å².